The van der Waals surface area contributed by atoms with Gasteiger partial charge in [0.15, 0.2) is 0 Å². The molecule has 0 fully saturated rings. The average molecular weight is 480 g/mol. The highest BCUT2D eigenvalue weighted by atomic mass is 16.5. The standard InChI is InChI=1S/C28H41N5O2/c1-4-32(3)18-20-34-19-9-8-17-33-30-16-14-26(31-33)28-22-25(27(35-28)13-10-15-29)23(2)21-24-11-6-5-7-12-24/h5-9,11-12,14,16-17,22-23,25,27H,4,10,13,15,18-21,29H2,1-3H3/q-2/b9-8-/t23-,25?,27?/m0/s1. The van der Waals surface area contributed by atoms with Gasteiger partial charge in [-0.25, -0.2) is 4.81 Å². The first-order valence-electron chi connectivity index (χ1n) is 12.7. The van der Waals surface area contributed by atoms with E-state index in [4.69, 9.17) is 15.2 Å². The molecule has 0 saturated carbocycles. The molecule has 2 unspecified atom stereocenters. The molecular weight excluding hydrogens is 438 g/mol. The van der Waals surface area contributed by atoms with Crippen LogP contribution in [-0.4, -0.2) is 55.7 Å². The molecule has 2 N–H and O–H groups in total. The number of nitrogens with two attached hydrogens (primary N) is 1. The lowest BCUT2D eigenvalue weighted by Gasteiger charge is -2.30. The molecule has 35 heavy (non-hydrogen) atoms. The monoisotopic (exact) mass is 479 g/mol. The minimum absolute atomic E-state index is 0.114. The molecule has 1 aromatic rings. The van der Waals surface area contributed by atoms with E-state index < -0.39 is 0 Å². The van der Waals surface area contributed by atoms with Crippen LogP contribution >= 0.6 is 0 Å². The number of ether oxygens (including phenoxy) is 2. The van der Waals surface area contributed by atoms with E-state index in [0.717, 1.165) is 44.2 Å². The summed E-state index contributed by atoms with van der Waals surface area (Å²) in [4.78, 5) is 3.79. The summed E-state index contributed by atoms with van der Waals surface area (Å²) in [7, 11) is 2.09. The van der Waals surface area contributed by atoms with E-state index in [0.29, 0.717) is 31.6 Å². The van der Waals surface area contributed by atoms with Gasteiger partial charge in [-0.1, -0.05) is 50.2 Å². The van der Waals surface area contributed by atoms with Gasteiger partial charge < -0.3 is 20.1 Å². The number of benzene rings is 1. The smallest absolute Gasteiger partial charge is 0.0919 e. The third-order valence-corrected chi connectivity index (χ3v) is 6.41. The average Bonchev–Trinajstić information content (AvgIpc) is 3.32. The highest BCUT2D eigenvalue weighted by molar-refractivity contribution is 5.32. The van der Waals surface area contributed by atoms with Crippen LogP contribution in [0.4, 0.5) is 0 Å². The molecule has 7 heteroatoms. The first-order valence-corrected chi connectivity index (χ1v) is 12.7. The van der Waals surface area contributed by atoms with Gasteiger partial charge in [-0.3, -0.25) is 10.5 Å². The Bertz CT molecular complexity index is 867. The van der Waals surface area contributed by atoms with Crippen molar-refractivity contribution in [2.24, 2.45) is 22.7 Å². The van der Waals surface area contributed by atoms with E-state index in [2.05, 4.69) is 72.7 Å². The Labute approximate surface area is 211 Å². The van der Waals surface area contributed by atoms with Crippen LogP contribution in [-0.2, 0) is 15.9 Å². The van der Waals surface area contributed by atoms with Crippen LogP contribution in [0.1, 0.15) is 32.3 Å². The summed E-state index contributed by atoms with van der Waals surface area (Å²) in [6.45, 7) is 10.2. The fraction of sp³-hybridized carbons (Fsp3) is 0.500. The van der Waals surface area contributed by atoms with Crippen LogP contribution in [0, 0.1) is 24.4 Å². The zero-order valence-corrected chi connectivity index (χ0v) is 21.4. The molecule has 7 nitrogen and oxygen atoms in total. The number of hydrogen-bond donors (Lipinski definition) is 1. The maximum Gasteiger partial charge on any atom is 0.0919 e. The van der Waals surface area contributed by atoms with Crippen LogP contribution < -0.4 is 5.73 Å². The molecule has 0 aromatic heterocycles. The SMILES string of the molecule is CCN(C)CCOC/C=C\[CH-][N+]1=N[C-](C2=CC([C@@H](C)Cc3ccccc3)C(CCCN)O2)C=C[N-]1. The predicted molar refractivity (Wildman–Crippen MR) is 140 cm³/mol. The summed E-state index contributed by atoms with van der Waals surface area (Å²) in [6, 6.07) is 11.4. The molecule has 0 amide bonds. The number of hydrogen-bond acceptors (Lipinski definition) is 5. The maximum atomic E-state index is 6.42. The van der Waals surface area contributed by atoms with Gasteiger partial charge in [0, 0.05) is 25.5 Å². The second kappa shape index (κ2) is 14.6. The minimum Gasteiger partial charge on any atom is -0.516 e. The van der Waals surface area contributed by atoms with Crippen molar-refractivity contribution in [3.63, 3.8) is 0 Å². The van der Waals surface area contributed by atoms with E-state index in [-0.39, 0.29) is 6.10 Å². The lowest BCUT2D eigenvalue weighted by molar-refractivity contribution is -0.498. The molecule has 0 radical (unpaired) electrons. The van der Waals surface area contributed by atoms with Crippen molar-refractivity contribution in [1.29, 1.82) is 0 Å². The van der Waals surface area contributed by atoms with Crippen molar-refractivity contribution in [2.45, 2.75) is 39.2 Å². The zero-order chi connectivity index (χ0) is 24.9. The van der Waals surface area contributed by atoms with Gasteiger partial charge >= 0.3 is 0 Å². The predicted octanol–water partition coefficient (Wildman–Crippen LogP) is 5.00. The number of nitrogens with zero attached hydrogens (tertiary/aromatic N) is 4. The van der Waals surface area contributed by atoms with E-state index in [1.165, 1.54) is 5.56 Å². The van der Waals surface area contributed by atoms with Gasteiger partial charge in [0.1, 0.15) is 0 Å². The van der Waals surface area contributed by atoms with Gasteiger partial charge in [-0.15, -0.1) is 12.3 Å². The van der Waals surface area contributed by atoms with Crippen molar-refractivity contribution in [1.82, 2.24) is 4.90 Å². The molecule has 0 bridgehead atoms. The fourth-order valence-corrected chi connectivity index (χ4v) is 4.20. The lowest BCUT2D eigenvalue weighted by Crippen LogP contribution is -2.25. The molecule has 2 aliphatic heterocycles. The second-order valence-electron chi connectivity index (χ2n) is 9.15. The van der Waals surface area contributed by atoms with Crippen LogP contribution in [0.15, 0.2) is 71.7 Å². The van der Waals surface area contributed by atoms with Crippen LogP contribution in [0.2, 0.25) is 0 Å². The van der Waals surface area contributed by atoms with Gasteiger partial charge in [-0.2, -0.15) is 18.2 Å². The first-order chi connectivity index (χ1) is 17.1. The molecule has 1 aromatic carbocycles. The van der Waals surface area contributed by atoms with Crippen molar-refractivity contribution in [2.75, 3.05) is 39.9 Å². The van der Waals surface area contributed by atoms with Crippen molar-refractivity contribution in [3.05, 3.63) is 90.2 Å². The summed E-state index contributed by atoms with van der Waals surface area (Å²) in [6.07, 6.45) is 12.8. The Morgan fingerprint density at radius 1 is 1.37 bits per heavy atom. The molecule has 0 aliphatic carbocycles. The first kappa shape index (κ1) is 26.9. The molecule has 192 valence electrons. The normalized spacial score (nSPS) is 20.5. The Kier molecular flexibility index (Phi) is 11.2. The van der Waals surface area contributed by atoms with Crippen LogP contribution in [0.25, 0.3) is 5.43 Å². The van der Waals surface area contributed by atoms with Crippen molar-refractivity contribution < 1.29 is 14.3 Å². The quantitative estimate of drug-likeness (QED) is 0.218. The molecule has 3 atom stereocenters. The van der Waals surface area contributed by atoms with Gasteiger partial charge in [-0.05, 0) is 56.8 Å². The summed E-state index contributed by atoms with van der Waals surface area (Å²) in [5.74, 6) is 1.58. The number of azo groups is 1. The summed E-state index contributed by atoms with van der Waals surface area (Å²) < 4.78 is 12.1. The number of likely N-dealkylation sites (N-methyl/N-ethyl adjacent to an activating group) is 1. The third kappa shape index (κ3) is 8.76. The molecule has 3 rings (SSSR count). The van der Waals surface area contributed by atoms with E-state index in [9.17, 15) is 0 Å². The van der Waals surface area contributed by atoms with Crippen molar-refractivity contribution >= 4 is 0 Å². The zero-order valence-electron chi connectivity index (χ0n) is 21.4. The fourth-order valence-electron chi connectivity index (χ4n) is 4.20. The van der Waals surface area contributed by atoms with Crippen molar-refractivity contribution in [3.8, 4) is 0 Å². The summed E-state index contributed by atoms with van der Waals surface area (Å²) >= 11 is 0. The van der Waals surface area contributed by atoms with Gasteiger partial charge in [0.2, 0.25) is 0 Å². The van der Waals surface area contributed by atoms with E-state index >= 15 is 0 Å². The molecule has 2 aliphatic rings. The Hall–Kier alpha value is -2.74. The minimum atomic E-state index is 0.114. The second-order valence-corrected chi connectivity index (χ2v) is 9.15. The van der Waals surface area contributed by atoms with Crippen LogP contribution in [0.5, 0.6) is 0 Å². The third-order valence-electron chi connectivity index (χ3n) is 6.41. The Morgan fingerprint density at radius 2 is 2.20 bits per heavy atom. The maximum absolute atomic E-state index is 6.42. The Balaban J connectivity index is 1.56. The van der Waals surface area contributed by atoms with E-state index in [1.54, 1.807) is 11.0 Å². The summed E-state index contributed by atoms with van der Waals surface area (Å²) in [5, 5.41) is 4.65. The topological polar surface area (TPSA) is 77.2 Å². The van der Waals surface area contributed by atoms with E-state index in [1.807, 2.05) is 24.8 Å². The highest BCUT2D eigenvalue weighted by Gasteiger charge is 2.30. The molecule has 0 spiro atoms. The highest BCUT2D eigenvalue weighted by Crippen LogP contribution is 2.38. The Morgan fingerprint density at radius 3 is 2.97 bits per heavy atom. The summed E-state index contributed by atoms with van der Waals surface area (Å²) in [5.41, 5.74) is 11.5. The van der Waals surface area contributed by atoms with Gasteiger partial charge in [0.05, 0.1) is 12.7 Å². The molecular formula is C28H41N5O2-2. The van der Waals surface area contributed by atoms with Gasteiger partial charge in [0.25, 0.3) is 0 Å². The molecule has 0 saturated heterocycles. The number of rotatable bonds is 15. The molecule has 2 heterocycles. The van der Waals surface area contributed by atoms with Crippen LogP contribution in [0.3, 0.4) is 0 Å². The lowest BCUT2D eigenvalue weighted by atomic mass is 9.83. The largest absolute Gasteiger partial charge is 0.516 e.